The van der Waals surface area contributed by atoms with Gasteiger partial charge < -0.3 is 14.5 Å². The van der Waals surface area contributed by atoms with E-state index in [2.05, 4.69) is 52.3 Å². The minimum absolute atomic E-state index is 0.169. The maximum Gasteiger partial charge on any atom is 0.292 e. The number of rotatable bonds is 8. The normalized spacial score (nSPS) is 11.2. The van der Waals surface area contributed by atoms with E-state index in [1.807, 2.05) is 19.1 Å². The quantitative estimate of drug-likeness (QED) is 0.232. The molecule has 35 heavy (non-hydrogen) atoms. The molecule has 0 unspecified atom stereocenters. The van der Waals surface area contributed by atoms with Crippen LogP contribution in [0.1, 0.15) is 52.8 Å². The Hall–Kier alpha value is -2.74. The van der Waals surface area contributed by atoms with Gasteiger partial charge in [0.2, 0.25) is 0 Å². The second-order valence-corrected chi connectivity index (χ2v) is 10.1. The summed E-state index contributed by atoms with van der Waals surface area (Å²) in [6.45, 7) is 6.95. The zero-order valence-electron chi connectivity index (χ0n) is 19.4. The van der Waals surface area contributed by atoms with E-state index in [1.54, 1.807) is 35.1 Å². The van der Waals surface area contributed by atoms with Crippen molar-refractivity contribution >= 4 is 50.9 Å². The van der Waals surface area contributed by atoms with Gasteiger partial charge in [0.05, 0.1) is 21.1 Å². The first-order chi connectivity index (χ1) is 16.7. The van der Waals surface area contributed by atoms with Crippen LogP contribution in [-0.2, 0) is 13.2 Å². The third-order valence-corrected chi connectivity index (χ3v) is 6.64. The molecule has 0 atom stereocenters. The number of amides is 1. The number of hydrogen-bond donors (Lipinski definition) is 1. The van der Waals surface area contributed by atoms with E-state index in [9.17, 15) is 4.79 Å². The van der Waals surface area contributed by atoms with Gasteiger partial charge in [0.1, 0.15) is 18.1 Å². The molecule has 4 aromatic rings. The molecule has 2 aromatic heterocycles. The molecule has 0 spiro atoms. The second-order valence-electron chi connectivity index (χ2n) is 8.48. The fourth-order valence-electron chi connectivity index (χ4n) is 3.53. The molecule has 4 rings (SSSR count). The smallest absolute Gasteiger partial charge is 0.292 e. The molecule has 2 heterocycles. The predicted octanol–water partition coefficient (Wildman–Crippen LogP) is 7.86. The summed E-state index contributed by atoms with van der Waals surface area (Å²) in [5.41, 5.74) is 3.17. The number of furan rings is 1. The van der Waals surface area contributed by atoms with Crippen molar-refractivity contribution in [1.82, 2.24) is 9.78 Å². The number of carbonyl (C=O) groups is 1. The zero-order valence-corrected chi connectivity index (χ0v) is 22.5. The van der Waals surface area contributed by atoms with E-state index >= 15 is 0 Å². The summed E-state index contributed by atoms with van der Waals surface area (Å²) < 4.78 is 14.1. The lowest BCUT2D eigenvalue weighted by molar-refractivity contribution is 0.0992. The number of nitrogens with zero attached hydrogens (tertiary/aromatic N) is 2. The lowest BCUT2D eigenvalue weighted by Gasteiger charge is -2.14. The largest absolute Gasteiger partial charge is 0.485 e. The Labute approximate surface area is 222 Å². The van der Waals surface area contributed by atoms with Crippen molar-refractivity contribution in [3.05, 3.63) is 97.5 Å². The Morgan fingerprint density at radius 3 is 2.69 bits per heavy atom. The van der Waals surface area contributed by atoms with Crippen molar-refractivity contribution in [2.45, 2.75) is 39.8 Å². The van der Waals surface area contributed by atoms with Crippen LogP contribution >= 0.6 is 39.1 Å². The highest BCUT2D eigenvalue weighted by molar-refractivity contribution is 9.10. The highest BCUT2D eigenvalue weighted by Gasteiger charge is 2.17. The summed E-state index contributed by atoms with van der Waals surface area (Å²) in [5.74, 6) is 1.84. The number of aromatic nitrogens is 2. The van der Waals surface area contributed by atoms with Gasteiger partial charge in [0, 0.05) is 6.20 Å². The molecule has 6 nitrogen and oxygen atoms in total. The standard InChI is InChI=1S/C26H24BrCl2N3O3/c1-15(2)19-7-4-16(3)10-24(19)34-14-18-6-9-23(35-18)26(33)30-25-20(27)13-32(31-25)12-17-5-8-21(28)22(29)11-17/h4-11,13,15H,12,14H2,1-3H3,(H,30,31,33). The van der Waals surface area contributed by atoms with Crippen molar-refractivity contribution in [3.63, 3.8) is 0 Å². The maximum atomic E-state index is 12.7. The van der Waals surface area contributed by atoms with Crippen molar-refractivity contribution in [1.29, 1.82) is 0 Å². The monoisotopic (exact) mass is 575 g/mol. The number of hydrogen-bond acceptors (Lipinski definition) is 4. The molecule has 2 aromatic carbocycles. The molecule has 0 bridgehead atoms. The van der Waals surface area contributed by atoms with Crippen LogP contribution in [0.2, 0.25) is 10.0 Å². The second kappa shape index (κ2) is 10.9. The topological polar surface area (TPSA) is 69.3 Å². The molecular weight excluding hydrogens is 553 g/mol. The van der Waals surface area contributed by atoms with Crippen molar-refractivity contribution in [3.8, 4) is 5.75 Å². The molecule has 1 amide bonds. The molecule has 182 valence electrons. The van der Waals surface area contributed by atoms with Crippen LogP contribution < -0.4 is 10.1 Å². The molecular formula is C26H24BrCl2N3O3. The predicted molar refractivity (Wildman–Crippen MR) is 142 cm³/mol. The molecule has 9 heteroatoms. The number of anilines is 1. The first-order valence-corrected chi connectivity index (χ1v) is 12.5. The average Bonchev–Trinajstić information content (AvgIpc) is 3.41. The first-order valence-electron chi connectivity index (χ1n) is 11.0. The summed E-state index contributed by atoms with van der Waals surface area (Å²) in [6, 6.07) is 14.9. The van der Waals surface area contributed by atoms with E-state index < -0.39 is 5.91 Å². The van der Waals surface area contributed by atoms with E-state index in [1.165, 1.54) is 0 Å². The number of aryl methyl sites for hydroxylation is 1. The van der Waals surface area contributed by atoms with Gasteiger partial charge in [-0.2, -0.15) is 5.10 Å². The van der Waals surface area contributed by atoms with Gasteiger partial charge in [-0.3, -0.25) is 9.48 Å². The number of benzene rings is 2. The third kappa shape index (κ3) is 6.28. The number of halogens is 3. The maximum absolute atomic E-state index is 12.7. The minimum atomic E-state index is -0.407. The fraction of sp³-hybridized carbons (Fsp3) is 0.231. The molecule has 0 fully saturated rings. The summed E-state index contributed by atoms with van der Waals surface area (Å²) in [4.78, 5) is 12.7. The van der Waals surface area contributed by atoms with Crippen molar-refractivity contribution in [2.24, 2.45) is 0 Å². The molecule has 0 saturated heterocycles. The Morgan fingerprint density at radius 2 is 1.94 bits per heavy atom. The Morgan fingerprint density at radius 1 is 1.14 bits per heavy atom. The van der Waals surface area contributed by atoms with Gasteiger partial charge in [0.25, 0.3) is 5.91 Å². The highest BCUT2D eigenvalue weighted by atomic mass is 79.9. The summed E-state index contributed by atoms with van der Waals surface area (Å²) in [7, 11) is 0. The van der Waals surface area contributed by atoms with Crippen LogP contribution in [0.25, 0.3) is 0 Å². The minimum Gasteiger partial charge on any atom is -0.485 e. The van der Waals surface area contributed by atoms with Crippen LogP contribution in [0.4, 0.5) is 5.82 Å². The molecule has 0 saturated carbocycles. The van der Waals surface area contributed by atoms with Crippen molar-refractivity contribution in [2.75, 3.05) is 5.32 Å². The van der Waals surface area contributed by atoms with Crippen LogP contribution in [-0.4, -0.2) is 15.7 Å². The van der Waals surface area contributed by atoms with E-state index in [0.717, 1.165) is 22.4 Å². The summed E-state index contributed by atoms with van der Waals surface area (Å²) >= 11 is 15.5. The molecule has 1 N–H and O–H groups in total. The Kier molecular flexibility index (Phi) is 7.89. The highest BCUT2D eigenvalue weighted by Crippen LogP contribution is 2.29. The van der Waals surface area contributed by atoms with Gasteiger partial charge in [0.15, 0.2) is 11.6 Å². The van der Waals surface area contributed by atoms with Gasteiger partial charge in [-0.05, 0) is 75.8 Å². The Balaban J connectivity index is 1.40. The molecule has 0 aliphatic carbocycles. The summed E-state index contributed by atoms with van der Waals surface area (Å²) in [5, 5.41) is 8.18. The molecule has 0 radical (unpaired) electrons. The fourth-order valence-corrected chi connectivity index (χ4v) is 4.26. The van der Waals surface area contributed by atoms with Gasteiger partial charge >= 0.3 is 0 Å². The molecule has 0 aliphatic heterocycles. The SMILES string of the molecule is Cc1ccc(C(C)C)c(OCc2ccc(C(=O)Nc3nn(Cc4ccc(Cl)c(Cl)c4)cc3Br)o2)c1. The van der Waals surface area contributed by atoms with E-state index in [-0.39, 0.29) is 12.4 Å². The summed E-state index contributed by atoms with van der Waals surface area (Å²) in [6.07, 6.45) is 1.77. The lowest BCUT2D eigenvalue weighted by Crippen LogP contribution is -2.12. The van der Waals surface area contributed by atoms with E-state index in [0.29, 0.717) is 38.6 Å². The van der Waals surface area contributed by atoms with E-state index in [4.69, 9.17) is 32.4 Å². The molecule has 0 aliphatic rings. The number of carbonyl (C=O) groups excluding carboxylic acids is 1. The third-order valence-electron chi connectivity index (χ3n) is 5.32. The Bertz CT molecular complexity index is 1360. The average molecular weight is 577 g/mol. The van der Waals surface area contributed by atoms with Gasteiger partial charge in [-0.25, -0.2) is 0 Å². The first kappa shape index (κ1) is 25.4. The van der Waals surface area contributed by atoms with Crippen LogP contribution in [0.15, 0.2) is 63.6 Å². The number of ether oxygens (including phenoxy) is 1. The van der Waals surface area contributed by atoms with Crippen LogP contribution in [0.5, 0.6) is 5.75 Å². The van der Waals surface area contributed by atoms with Crippen LogP contribution in [0.3, 0.4) is 0 Å². The van der Waals surface area contributed by atoms with Crippen molar-refractivity contribution < 1.29 is 13.9 Å². The lowest BCUT2D eigenvalue weighted by atomic mass is 10.0. The van der Waals surface area contributed by atoms with Crippen LogP contribution in [0, 0.1) is 6.92 Å². The zero-order chi connectivity index (χ0) is 25.1. The van der Waals surface area contributed by atoms with Gasteiger partial charge in [-0.15, -0.1) is 0 Å². The van der Waals surface area contributed by atoms with Gasteiger partial charge in [-0.1, -0.05) is 55.2 Å². The number of nitrogens with one attached hydrogen (secondary N) is 1.